The lowest BCUT2D eigenvalue weighted by molar-refractivity contribution is 0.647. The first-order chi connectivity index (χ1) is 10.1. The number of nitrogens with one attached hydrogen (secondary N) is 1. The molecule has 0 heterocycles. The lowest BCUT2D eigenvalue weighted by Crippen LogP contribution is -2.12. The first-order valence-electron chi connectivity index (χ1n) is 7.68. The third kappa shape index (κ3) is 4.59. The van der Waals surface area contributed by atoms with Crippen molar-refractivity contribution in [3.8, 4) is 11.1 Å². The summed E-state index contributed by atoms with van der Waals surface area (Å²) in [6, 6.07) is 15.0. The van der Waals surface area contributed by atoms with Crippen LogP contribution in [0.3, 0.4) is 0 Å². The fourth-order valence-electron chi connectivity index (χ4n) is 2.52. The van der Waals surface area contributed by atoms with Crippen molar-refractivity contribution in [1.82, 2.24) is 5.32 Å². The molecule has 0 aromatic heterocycles. The monoisotopic (exact) mass is 301 g/mol. The minimum Gasteiger partial charge on any atom is -0.313 e. The summed E-state index contributed by atoms with van der Waals surface area (Å²) in [6.07, 6.45) is 1.13. The van der Waals surface area contributed by atoms with Crippen LogP contribution in [-0.2, 0) is 13.0 Å². The highest BCUT2D eigenvalue weighted by Crippen LogP contribution is 2.27. The highest BCUT2D eigenvalue weighted by Gasteiger charge is 2.06. The highest BCUT2D eigenvalue weighted by molar-refractivity contribution is 6.30. The Balaban J connectivity index is 2.29. The summed E-state index contributed by atoms with van der Waals surface area (Å²) >= 11 is 6.18. The van der Waals surface area contributed by atoms with E-state index < -0.39 is 0 Å². The third-order valence-corrected chi connectivity index (χ3v) is 3.78. The van der Waals surface area contributed by atoms with Gasteiger partial charge in [-0.05, 0) is 53.3 Å². The maximum atomic E-state index is 6.18. The van der Waals surface area contributed by atoms with Crippen molar-refractivity contribution < 1.29 is 0 Å². The van der Waals surface area contributed by atoms with Crippen molar-refractivity contribution in [2.24, 2.45) is 5.92 Å². The van der Waals surface area contributed by atoms with Gasteiger partial charge >= 0.3 is 0 Å². The lowest BCUT2D eigenvalue weighted by atomic mass is 9.96. The number of halogens is 1. The molecular weight excluding hydrogens is 278 g/mol. The van der Waals surface area contributed by atoms with Crippen LogP contribution in [0.2, 0.25) is 5.02 Å². The Bertz CT molecular complexity index is 573. The van der Waals surface area contributed by atoms with Gasteiger partial charge < -0.3 is 5.32 Å². The minimum atomic E-state index is 0.686. The first kappa shape index (κ1) is 16.1. The maximum Gasteiger partial charge on any atom is 0.0412 e. The largest absolute Gasteiger partial charge is 0.313 e. The quantitative estimate of drug-likeness (QED) is 0.762. The molecule has 0 radical (unpaired) electrons. The van der Waals surface area contributed by atoms with E-state index in [1.165, 1.54) is 22.3 Å². The molecule has 2 aromatic rings. The second-order valence-electron chi connectivity index (χ2n) is 5.88. The zero-order valence-electron chi connectivity index (χ0n) is 13.1. The Hall–Kier alpha value is -1.31. The molecule has 2 rings (SSSR count). The number of rotatable bonds is 6. The van der Waals surface area contributed by atoms with Crippen LogP contribution >= 0.6 is 11.6 Å². The summed E-state index contributed by atoms with van der Waals surface area (Å²) < 4.78 is 0. The smallest absolute Gasteiger partial charge is 0.0412 e. The molecule has 0 saturated carbocycles. The average Bonchev–Trinajstić information content (AvgIpc) is 2.46. The summed E-state index contributed by atoms with van der Waals surface area (Å²) in [4.78, 5) is 0. The maximum absolute atomic E-state index is 6.18. The van der Waals surface area contributed by atoms with Crippen LogP contribution in [0.4, 0.5) is 0 Å². The summed E-state index contributed by atoms with van der Waals surface area (Å²) in [5.74, 6) is 0.686. The Kier molecular flexibility index (Phi) is 5.84. The van der Waals surface area contributed by atoms with Crippen LogP contribution < -0.4 is 5.32 Å². The molecular formula is C19H24ClN. The number of benzene rings is 2. The molecule has 21 heavy (non-hydrogen) atoms. The Labute approximate surface area is 133 Å². The standard InChI is InChI=1S/C19H24ClN/c1-4-21-13-17-9-10-18(20)12-19(17)16-7-5-15(6-8-16)11-14(2)3/h5-10,12,14,21H,4,11,13H2,1-3H3. The van der Waals surface area contributed by atoms with Crippen molar-refractivity contribution in [1.29, 1.82) is 0 Å². The van der Waals surface area contributed by atoms with Gasteiger partial charge in [0.15, 0.2) is 0 Å². The van der Waals surface area contributed by atoms with E-state index in [4.69, 9.17) is 11.6 Å². The zero-order valence-corrected chi connectivity index (χ0v) is 13.9. The Morgan fingerprint density at radius 1 is 1.05 bits per heavy atom. The molecule has 1 N–H and O–H groups in total. The van der Waals surface area contributed by atoms with Gasteiger partial charge in [0.25, 0.3) is 0 Å². The second kappa shape index (κ2) is 7.63. The van der Waals surface area contributed by atoms with E-state index in [1.54, 1.807) is 0 Å². The van der Waals surface area contributed by atoms with Crippen LogP contribution in [0.15, 0.2) is 42.5 Å². The highest BCUT2D eigenvalue weighted by atomic mass is 35.5. The van der Waals surface area contributed by atoms with Gasteiger partial charge in [0, 0.05) is 11.6 Å². The van der Waals surface area contributed by atoms with Gasteiger partial charge in [0.1, 0.15) is 0 Å². The molecule has 1 nitrogen and oxygen atoms in total. The number of hydrogen-bond acceptors (Lipinski definition) is 1. The van der Waals surface area contributed by atoms with Crippen molar-refractivity contribution >= 4 is 11.6 Å². The molecule has 0 bridgehead atoms. The first-order valence-corrected chi connectivity index (χ1v) is 8.06. The SMILES string of the molecule is CCNCc1ccc(Cl)cc1-c1ccc(CC(C)C)cc1. The van der Waals surface area contributed by atoms with Gasteiger partial charge in [-0.15, -0.1) is 0 Å². The van der Waals surface area contributed by atoms with E-state index in [9.17, 15) is 0 Å². The third-order valence-electron chi connectivity index (χ3n) is 3.55. The van der Waals surface area contributed by atoms with Gasteiger partial charge in [0.05, 0.1) is 0 Å². The Morgan fingerprint density at radius 2 is 1.76 bits per heavy atom. The van der Waals surface area contributed by atoms with E-state index >= 15 is 0 Å². The van der Waals surface area contributed by atoms with Gasteiger partial charge in [-0.3, -0.25) is 0 Å². The van der Waals surface area contributed by atoms with Crippen LogP contribution in [0.25, 0.3) is 11.1 Å². The lowest BCUT2D eigenvalue weighted by Gasteiger charge is -2.12. The Morgan fingerprint density at radius 3 is 2.38 bits per heavy atom. The zero-order chi connectivity index (χ0) is 15.2. The fourth-order valence-corrected chi connectivity index (χ4v) is 2.70. The molecule has 0 spiro atoms. The van der Waals surface area contributed by atoms with E-state index in [0.717, 1.165) is 24.5 Å². The van der Waals surface area contributed by atoms with Gasteiger partial charge in [-0.2, -0.15) is 0 Å². The van der Waals surface area contributed by atoms with Crippen molar-refractivity contribution in [3.05, 3.63) is 58.6 Å². The second-order valence-corrected chi connectivity index (χ2v) is 6.31. The average molecular weight is 302 g/mol. The molecule has 0 atom stereocenters. The molecule has 112 valence electrons. The molecule has 0 unspecified atom stereocenters. The molecule has 2 heteroatoms. The summed E-state index contributed by atoms with van der Waals surface area (Å²) in [5, 5.41) is 4.18. The van der Waals surface area contributed by atoms with Crippen LogP contribution in [0.1, 0.15) is 31.9 Å². The van der Waals surface area contributed by atoms with Gasteiger partial charge in [-0.25, -0.2) is 0 Å². The van der Waals surface area contributed by atoms with Crippen molar-refractivity contribution in [3.63, 3.8) is 0 Å². The molecule has 0 saturated heterocycles. The molecule has 0 amide bonds. The summed E-state index contributed by atoms with van der Waals surface area (Å²) in [6.45, 7) is 8.46. The van der Waals surface area contributed by atoms with Gasteiger partial charge in [-0.1, -0.05) is 62.7 Å². The normalized spacial score (nSPS) is 11.1. The fraction of sp³-hybridized carbons (Fsp3) is 0.368. The number of hydrogen-bond donors (Lipinski definition) is 1. The molecule has 2 aromatic carbocycles. The van der Waals surface area contributed by atoms with Crippen molar-refractivity contribution in [2.45, 2.75) is 33.7 Å². The minimum absolute atomic E-state index is 0.686. The topological polar surface area (TPSA) is 12.0 Å². The predicted molar refractivity (Wildman–Crippen MR) is 92.8 cm³/mol. The molecule has 0 aliphatic heterocycles. The van der Waals surface area contributed by atoms with E-state index in [1.807, 2.05) is 6.07 Å². The molecule has 0 aliphatic rings. The summed E-state index contributed by atoms with van der Waals surface area (Å²) in [7, 11) is 0. The van der Waals surface area contributed by atoms with Gasteiger partial charge in [0.2, 0.25) is 0 Å². The predicted octanol–water partition coefficient (Wildman–Crippen LogP) is 5.32. The van der Waals surface area contributed by atoms with Crippen molar-refractivity contribution in [2.75, 3.05) is 6.54 Å². The van der Waals surface area contributed by atoms with E-state index in [2.05, 4.69) is 62.5 Å². The van der Waals surface area contributed by atoms with Crippen LogP contribution in [-0.4, -0.2) is 6.54 Å². The van der Waals surface area contributed by atoms with Crippen LogP contribution in [0, 0.1) is 5.92 Å². The van der Waals surface area contributed by atoms with E-state index in [0.29, 0.717) is 5.92 Å². The van der Waals surface area contributed by atoms with E-state index in [-0.39, 0.29) is 0 Å². The molecule has 0 aliphatic carbocycles. The van der Waals surface area contributed by atoms with Crippen LogP contribution in [0.5, 0.6) is 0 Å². The molecule has 0 fully saturated rings. The summed E-state index contributed by atoms with van der Waals surface area (Å²) in [5.41, 5.74) is 5.14.